The highest BCUT2D eigenvalue weighted by Crippen LogP contribution is 2.31. The van der Waals surface area contributed by atoms with E-state index in [1.165, 1.54) is 12.8 Å². The Balaban J connectivity index is 1.80. The van der Waals surface area contributed by atoms with Crippen molar-refractivity contribution in [1.82, 2.24) is 15.1 Å². The average molecular weight is 355 g/mol. The number of unbranched alkanes of at least 4 members (excludes halogenated alkanes) is 1. The van der Waals surface area contributed by atoms with Gasteiger partial charge in [-0.3, -0.25) is 4.79 Å². The molecule has 2 fully saturated rings. The van der Waals surface area contributed by atoms with E-state index in [-0.39, 0.29) is 5.56 Å². The Morgan fingerprint density at radius 3 is 3.10 bits per heavy atom. The van der Waals surface area contributed by atoms with Gasteiger partial charge in [-0.2, -0.15) is 5.10 Å². The van der Waals surface area contributed by atoms with E-state index in [1.54, 1.807) is 4.68 Å². The van der Waals surface area contributed by atoms with Crippen LogP contribution in [0.15, 0.2) is 15.5 Å². The van der Waals surface area contributed by atoms with Crippen LogP contribution in [0.3, 0.4) is 0 Å². The van der Waals surface area contributed by atoms with Crippen LogP contribution in [0.5, 0.6) is 0 Å². The molecule has 5 nitrogen and oxygen atoms in total. The Labute approximate surface area is 133 Å². The van der Waals surface area contributed by atoms with Crippen LogP contribution in [0.25, 0.3) is 0 Å². The van der Waals surface area contributed by atoms with Crippen molar-refractivity contribution >= 4 is 21.6 Å². The van der Waals surface area contributed by atoms with Crippen LogP contribution >= 0.6 is 15.9 Å². The van der Waals surface area contributed by atoms with Gasteiger partial charge in [-0.15, -0.1) is 0 Å². The summed E-state index contributed by atoms with van der Waals surface area (Å²) < 4.78 is 2.23. The molecule has 1 N–H and O–H groups in total. The van der Waals surface area contributed by atoms with Crippen molar-refractivity contribution in [2.24, 2.45) is 5.92 Å². The molecule has 0 aromatic carbocycles. The first kappa shape index (κ1) is 15.0. The summed E-state index contributed by atoms with van der Waals surface area (Å²) in [6.07, 6.45) is 6.43. The summed E-state index contributed by atoms with van der Waals surface area (Å²) in [7, 11) is 0. The second kappa shape index (κ2) is 6.48. The van der Waals surface area contributed by atoms with Crippen molar-refractivity contribution in [3.8, 4) is 0 Å². The molecule has 21 heavy (non-hydrogen) atoms. The summed E-state index contributed by atoms with van der Waals surface area (Å²) in [4.78, 5) is 14.7. The number of hydrogen-bond acceptors (Lipinski definition) is 4. The molecular weight excluding hydrogens is 332 g/mol. The summed E-state index contributed by atoms with van der Waals surface area (Å²) in [5.41, 5.74) is 0.938. The van der Waals surface area contributed by atoms with Gasteiger partial charge in [0.25, 0.3) is 5.56 Å². The summed E-state index contributed by atoms with van der Waals surface area (Å²) in [6, 6.07) is 0.563. The summed E-state index contributed by atoms with van der Waals surface area (Å²) in [5, 5.41) is 7.94. The zero-order valence-corrected chi connectivity index (χ0v) is 14.1. The lowest BCUT2D eigenvalue weighted by atomic mass is 9.94. The van der Waals surface area contributed by atoms with Crippen LogP contribution in [0.2, 0.25) is 0 Å². The van der Waals surface area contributed by atoms with E-state index in [9.17, 15) is 4.79 Å². The van der Waals surface area contributed by atoms with E-state index >= 15 is 0 Å². The quantitative estimate of drug-likeness (QED) is 0.898. The van der Waals surface area contributed by atoms with E-state index in [1.807, 2.05) is 6.20 Å². The lowest BCUT2D eigenvalue weighted by Gasteiger charge is -2.24. The number of fused-ring (bicyclic) bond motifs is 1. The van der Waals surface area contributed by atoms with Gasteiger partial charge in [0.15, 0.2) is 0 Å². The van der Waals surface area contributed by atoms with Gasteiger partial charge in [-0.1, -0.05) is 13.3 Å². The number of aryl methyl sites for hydroxylation is 1. The highest BCUT2D eigenvalue weighted by atomic mass is 79.9. The Morgan fingerprint density at radius 2 is 2.33 bits per heavy atom. The third-order valence-corrected chi connectivity index (χ3v) is 5.38. The van der Waals surface area contributed by atoms with Gasteiger partial charge in [-0.05, 0) is 47.7 Å². The van der Waals surface area contributed by atoms with Gasteiger partial charge >= 0.3 is 0 Å². The molecule has 0 radical (unpaired) electrons. The van der Waals surface area contributed by atoms with Gasteiger partial charge in [0, 0.05) is 25.7 Å². The number of halogens is 1. The van der Waals surface area contributed by atoms with Crippen molar-refractivity contribution < 1.29 is 0 Å². The summed E-state index contributed by atoms with van der Waals surface area (Å²) in [6.45, 7) is 5.93. The third-order valence-electron chi connectivity index (χ3n) is 4.63. The molecule has 116 valence electrons. The van der Waals surface area contributed by atoms with E-state index in [4.69, 9.17) is 0 Å². The fourth-order valence-corrected chi connectivity index (χ4v) is 3.95. The number of piperidine rings is 1. The molecule has 0 saturated carbocycles. The van der Waals surface area contributed by atoms with Crippen LogP contribution in [0, 0.1) is 5.92 Å². The van der Waals surface area contributed by atoms with Crippen LogP contribution in [0.4, 0.5) is 5.69 Å². The van der Waals surface area contributed by atoms with Crippen LogP contribution in [-0.4, -0.2) is 35.5 Å². The zero-order chi connectivity index (χ0) is 14.8. The first-order valence-corrected chi connectivity index (χ1v) is 8.74. The molecule has 2 aliphatic heterocycles. The minimum absolute atomic E-state index is 0.0104. The Kier molecular flexibility index (Phi) is 4.64. The first-order valence-electron chi connectivity index (χ1n) is 7.94. The molecule has 0 amide bonds. The SMILES string of the molecule is CCCCn1ncc(N2C[C@@H]3CCCN[C@@H]3C2)c(Br)c1=O. The summed E-state index contributed by atoms with van der Waals surface area (Å²) >= 11 is 3.50. The fourth-order valence-electron chi connectivity index (χ4n) is 3.39. The van der Waals surface area contributed by atoms with Gasteiger partial charge in [0.05, 0.1) is 11.9 Å². The highest BCUT2D eigenvalue weighted by Gasteiger charge is 2.35. The predicted octanol–water partition coefficient (Wildman–Crippen LogP) is 1.99. The number of hydrogen-bond donors (Lipinski definition) is 1. The molecule has 6 heteroatoms. The standard InChI is InChI=1S/C15H23BrN4O/c1-2-3-7-20-15(21)14(16)13(8-18-20)19-9-11-5-4-6-17-12(11)10-19/h8,11-12,17H,2-7,9-10H2,1H3/t11-,12+/m0/s1. The smallest absolute Gasteiger partial charge is 0.283 e. The maximum Gasteiger partial charge on any atom is 0.283 e. The molecule has 1 aromatic rings. The molecule has 0 bridgehead atoms. The highest BCUT2D eigenvalue weighted by molar-refractivity contribution is 9.10. The number of nitrogens with one attached hydrogen (secondary N) is 1. The van der Waals surface area contributed by atoms with Crippen LogP contribution < -0.4 is 15.8 Å². The lowest BCUT2D eigenvalue weighted by Crippen LogP contribution is -2.40. The van der Waals surface area contributed by atoms with Crippen molar-refractivity contribution in [3.63, 3.8) is 0 Å². The molecule has 2 aliphatic rings. The second-order valence-corrected chi connectivity index (χ2v) is 6.89. The van der Waals surface area contributed by atoms with Gasteiger partial charge in [0.1, 0.15) is 4.47 Å². The normalized spacial score (nSPS) is 25.1. The Bertz CT molecular complexity index is 545. The Hall–Kier alpha value is -0.880. The largest absolute Gasteiger partial charge is 0.367 e. The summed E-state index contributed by atoms with van der Waals surface area (Å²) in [5.74, 6) is 0.702. The Morgan fingerprint density at radius 1 is 1.48 bits per heavy atom. The molecule has 2 atom stereocenters. The van der Waals surface area contributed by atoms with Gasteiger partial charge < -0.3 is 10.2 Å². The van der Waals surface area contributed by atoms with Crippen molar-refractivity contribution in [2.75, 3.05) is 24.5 Å². The maximum absolute atomic E-state index is 12.4. The van der Waals surface area contributed by atoms with Gasteiger partial charge in [0.2, 0.25) is 0 Å². The molecular formula is C15H23BrN4O. The van der Waals surface area contributed by atoms with E-state index in [2.05, 4.69) is 38.2 Å². The number of anilines is 1. The molecule has 3 rings (SSSR count). The van der Waals surface area contributed by atoms with Gasteiger partial charge in [-0.25, -0.2) is 4.68 Å². The van der Waals surface area contributed by atoms with Crippen molar-refractivity contribution in [3.05, 3.63) is 21.0 Å². The topological polar surface area (TPSA) is 50.2 Å². The molecule has 0 aliphatic carbocycles. The zero-order valence-electron chi connectivity index (χ0n) is 12.5. The number of aromatic nitrogens is 2. The first-order chi connectivity index (χ1) is 10.2. The average Bonchev–Trinajstić information content (AvgIpc) is 2.92. The maximum atomic E-state index is 12.4. The molecule has 2 saturated heterocycles. The molecule has 3 heterocycles. The third kappa shape index (κ3) is 3.01. The lowest BCUT2D eigenvalue weighted by molar-refractivity contribution is 0.340. The second-order valence-electron chi connectivity index (χ2n) is 6.09. The minimum Gasteiger partial charge on any atom is -0.367 e. The molecule has 0 unspecified atom stereocenters. The van der Waals surface area contributed by atoms with Crippen molar-refractivity contribution in [2.45, 2.75) is 45.2 Å². The van der Waals surface area contributed by atoms with E-state index in [0.717, 1.165) is 38.2 Å². The molecule has 1 aromatic heterocycles. The monoisotopic (exact) mass is 354 g/mol. The minimum atomic E-state index is -0.0104. The number of rotatable bonds is 4. The fraction of sp³-hybridized carbons (Fsp3) is 0.733. The predicted molar refractivity (Wildman–Crippen MR) is 87.8 cm³/mol. The molecule has 0 spiro atoms. The van der Waals surface area contributed by atoms with Crippen LogP contribution in [-0.2, 0) is 6.54 Å². The number of nitrogens with zero attached hydrogens (tertiary/aromatic N) is 3. The van der Waals surface area contributed by atoms with Crippen molar-refractivity contribution in [1.29, 1.82) is 0 Å². The van der Waals surface area contributed by atoms with E-state index in [0.29, 0.717) is 23.0 Å². The van der Waals surface area contributed by atoms with Crippen LogP contribution in [0.1, 0.15) is 32.6 Å². The van der Waals surface area contributed by atoms with E-state index < -0.39 is 0 Å².